The van der Waals surface area contributed by atoms with E-state index in [1.54, 1.807) is 23.8 Å². The van der Waals surface area contributed by atoms with Gasteiger partial charge in [0.1, 0.15) is 11.9 Å². The van der Waals surface area contributed by atoms with Crippen molar-refractivity contribution in [3.05, 3.63) is 41.1 Å². The average molecular weight is 401 g/mol. The largest absolute Gasteiger partial charge is 0.352 e. The van der Waals surface area contributed by atoms with Gasteiger partial charge < -0.3 is 10.6 Å². The summed E-state index contributed by atoms with van der Waals surface area (Å²) in [6.45, 7) is 2.15. The number of imidazole rings is 1. The number of carbonyl (C=O) groups excluding carboxylic acids is 2. The number of rotatable bonds is 7. The number of hydrogen-bond acceptors (Lipinski definition) is 7. The molecule has 0 radical (unpaired) electrons. The first-order valence-electron chi connectivity index (χ1n) is 9.29. The Hall–Kier alpha value is -3.37. The lowest BCUT2D eigenvalue weighted by Crippen LogP contribution is -2.32. The minimum atomic E-state index is -0.754. The lowest BCUT2D eigenvalue weighted by molar-refractivity contribution is -0.123. The molecular formula is C18H20FN7O3. The number of amides is 2. The molecule has 2 N–H and O–H groups in total. The summed E-state index contributed by atoms with van der Waals surface area (Å²) in [5.41, 5.74) is 2.56. The second kappa shape index (κ2) is 7.94. The van der Waals surface area contributed by atoms with E-state index >= 15 is 0 Å². The molecule has 29 heavy (non-hydrogen) atoms. The quantitative estimate of drug-likeness (QED) is 0.607. The van der Waals surface area contributed by atoms with Gasteiger partial charge in [-0.25, -0.2) is 18.5 Å². The van der Waals surface area contributed by atoms with E-state index in [0.29, 0.717) is 42.8 Å². The summed E-state index contributed by atoms with van der Waals surface area (Å²) < 4.78 is 18.9. The van der Waals surface area contributed by atoms with Crippen LogP contribution in [0.15, 0.2) is 23.1 Å². The standard InChI is InChI=1S/C18H20FN7O3/c1-10-17(25-29-24-10)18(28)21-8-14-9-26-15(23-14)4-12(7-22-26)6-20-16(27)5-11-2-13(19)3-11/h4,7,9,11,13H,2-3,5-6,8H2,1H3,(H,20,27)(H,21,28). The van der Waals surface area contributed by atoms with E-state index in [2.05, 4.69) is 35.7 Å². The number of nitrogens with one attached hydrogen (secondary N) is 2. The lowest BCUT2D eigenvalue weighted by Gasteiger charge is -2.28. The smallest absolute Gasteiger partial charge is 0.275 e. The molecule has 152 valence electrons. The van der Waals surface area contributed by atoms with E-state index in [1.165, 1.54) is 0 Å². The normalized spacial score (nSPS) is 18.4. The highest BCUT2D eigenvalue weighted by molar-refractivity contribution is 5.92. The third-order valence-corrected chi connectivity index (χ3v) is 4.87. The highest BCUT2D eigenvalue weighted by Gasteiger charge is 2.30. The Labute approximate surface area is 164 Å². The molecule has 1 fully saturated rings. The first-order chi connectivity index (χ1) is 14.0. The van der Waals surface area contributed by atoms with Crippen LogP contribution in [0.4, 0.5) is 4.39 Å². The second-order valence-electron chi connectivity index (χ2n) is 7.20. The summed E-state index contributed by atoms with van der Waals surface area (Å²) in [7, 11) is 0. The van der Waals surface area contributed by atoms with E-state index in [4.69, 9.17) is 0 Å². The molecule has 1 saturated carbocycles. The van der Waals surface area contributed by atoms with Gasteiger partial charge in [0, 0.05) is 13.0 Å². The van der Waals surface area contributed by atoms with Crippen molar-refractivity contribution in [1.82, 2.24) is 35.5 Å². The minimum absolute atomic E-state index is 0.0915. The van der Waals surface area contributed by atoms with Crippen LogP contribution in [0.3, 0.4) is 0 Å². The summed E-state index contributed by atoms with van der Waals surface area (Å²) in [5, 5.41) is 16.9. The third-order valence-electron chi connectivity index (χ3n) is 4.87. The Bertz CT molecular complexity index is 1040. The maximum atomic E-state index is 12.8. The number of aryl methyl sites for hydroxylation is 1. The molecule has 0 bridgehead atoms. The Morgan fingerprint density at radius 2 is 2.10 bits per heavy atom. The monoisotopic (exact) mass is 401 g/mol. The molecule has 11 heteroatoms. The van der Waals surface area contributed by atoms with E-state index in [9.17, 15) is 14.0 Å². The van der Waals surface area contributed by atoms with Gasteiger partial charge in [-0.2, -0.15) is 5.10 Å². The van der Waals surface area contributed by atoms with Gasteiger partial charge in [-0.3, -0.25) is 9.59 Å². The maximum absolute atomic E-state index is 12.8. The van der Waals surface area contributed by atoms with Crippen molar-refractivity contribution in [3.8, 4) is 0 Å². The zero-order valence-corrected chi connectivity index (χ0v) is 15.8. The molecule has 0 aliphatic heterocycles. The van der Waals surface area contributed by atoms with Crippen molar-refractivity contribution >= 4 is 17.5 Å². The number of alkyl halides is 1. The molecule has 10 nitrogen and oxygen atoms in total. The SMILES string of the molecule is Cc1nonc1C(=O)NCc1cn2ncc(CNC(=O)CC3CC(F)C3)cc2n1. The summed E-state index contributed by atoms with van der Waals surface area (Å²) in [6.07, 6.45) is 3.89. The van der Waals surface area contributed by atoms with Gasteiger partial charge in [0.15, 0.2) is 11.3 Å². The molecule has 1 aliphatic carbocycles. The van der Waals surface area contributed by atoms with Gasteiger partial charge in [-0.1, -0.05) is 5.16 Å². The Morgan fingerprint density at radius 1 is 1.28 bits per heavy atom. The zero-order chi connectivity index (χ0) is 20.4. The van der Waals surface area contributed by atoms with Crippen LogP contribution in [0.5, 0.6) is 0 Å². The molecule has 2 amide bonds. The predicted octanol–water partition coefficient (Wildman–Crippen LogP) is 1.11. The number of nitrogens with zero attached hydrogens (tertiary/aromatic N) is 5. The number of fused-ring (bicyclic) bond motifs is 1. The maximum Gasteiger partial charge on any atom is 0.275 e. The molecular weight excluding hydrogens is 381 g/mol. The van der Waals surface area contributed by atoms with Crippen LogP contribution in [-0.4, -0.2) is 42.9 Å². The molecule has 3 aromatic rings. The molecule has 0 unspecified atom stereocenters. The van der Waals surface area contributed by atoms with Gasteiger partial charge in [-0.05, 0) is 42.5 Å². The van der Waals surface area contributed by atoms with Crippen molar-refractivity contribution in [3.63, 3.8) is 0 Å². The molecule has 1 aliphatic rings. The molecule has 0 spiro atoms. The third kappa shape index (κ3) is 4.39. The number of carbonyl (C=O) groups is 2. The van der Waals surface area contributed by atoms with Crippen LogP contribution in [0.25, 0.3) is 5.65 Å². The fourth-order valence-electron chi connectivity index (χ4n) is 3.19. The van der Waals surface area contributed by atoms with E-state index in [1.807, 2.05) is 6.07 Å². The predicted molar refractivity (Wildman–Crippen MR) is 97.3 cm³/mol. The number of halogens is 1. The Kier molecular flexibility index (Phi) is 5.19. The van der Waals surface area contributed by atoms with E-state index < -0.39 is 12.1 Å². The highest BCUT2D eigenvalue weighted by Crippen LogP contribution is 2.32. The molecule has 0 saturated heterocycles. The van der Waals surface area contributed by atoms with E-state index in [0.717, 1.165) is 5.56 Å². The summed E-state index contributed by atoms with van der Waals surface area (Å²) >= 11 is 0. The fraction of sp³-hybridized carbons (Fsp3) is 0.444. The van der Waals surface area contributed by atoms with E-state index in [-0.39, 0.29) is 24.1 Å². The van der Waals surface area contributed by atoms with Crippen molar-refractivity contribution < 1.29 is 18.6 Å². The van der Waals surface area contributed by atoms with Crippen LogP contribution in [0, 0.1) is 12.8 Å². The molecule has 0 aromatic carbocycles. The summed E-state index contributed by atoms with van der Waals surface area (Å²) in [5.74, 6) is -0.346. The summed E-state index contributed by atoms with van der Waals surface area (Å²) in [6, 6.07) is 1.81. The molecule has 3 heterocycles. The molecule has 3 aromatic heterocycles. The van der Waals surface area contributed by atoms with Crippen LogP contribution in [0.1, 0.15) is 46.7 Å². The lowest BCUT2D eigenvalue weighted by atomic mass is 9.81. The number of aromatic nitrogens is 5. The van der Waals surface area contributed by atoms with Gasteiger partial charge in [0.25, 0.3) is 5.91 Å². The molecule has 4 rings (SSSR count). The van der Waals surface area contributed by atoms with Gasteiger partial charge >= 0.3 is 0 Å². The van der Waals surface area contributed by atoms with Crippen molar-refractivity contribution in [2.45, 2.75) is 45.4 Å². The Balaban J connectivity index is 1.32. The van der Waals surface area contributed by atoms with Crippen molar-refractivity contribution in [2.24, 2.45) is 5.92 Å². The Morgan fingerprint density at radius 3 is 2.83 bits per heavy atom. The molecule has 0 atom stereocenters. The minimum Gasteiger partial charge on any atom is -0.352 e. The van der Waals surface area contributed by atoms with Crippen molar-refractivity contribution in [2.75, 3.05) is 0 Å². The van der Waals surface area contributed by atoms with Gasteiger partial charge in [0.2, 0.25) is 5.91 Å². The first kappa shape index (κ1) is 19.0. The van der Waals surface area contributed by atoms with Gasteiger partial charge in [0.05, 0.1) is 24.6 Å². The number of hydrogen-bond donors (Lipinski definition) is 2. The fourth-order valence-corrected chi connectivity index (χ4v) is 3.19. The second-order valence-corrected chi connectivity index (χ2v) is 7.20. The van der Waals surface area contributed by atoms with Crippen LogP contribution < -0.4 is 10.6 Å². The average Bonchev–Trinajstić information content (AvgIpc) is 3.28. The van der Waals surface area contributed by atoms with Crippen molar-refractivity contribution in [1.29, 1.82) is 0 Å². The topological polar surface area (TPSA) is 127 Å². The van der Waals surface area contributed by atoms with Crippen LogP contribution in [-0.2, 0) is 17.9 Å². The first-order valence-corrected chi connectivity index (χ1v) is 9.29. The van der Waals surface area contributed by atoms with Crippen LogP contribution >= 0.6 is 0 Å². The summed E-state index contributed by atoms with van der Waals surface area (Å²) in [4.78, 5) is 28.4. The van der Waals surface area contributed by atoms with Crippen LogP contribution in [0.2, 0.25) is 0 Å². The highest BCUT2D eigenvalue weighted by atomic mass is 19.1. The van der Waals surface area contributed by atoms with Gasteiger partial charge in [-0.15, -0.1) is 0 Å². The zero-order valence-electron chi connectivity index (χ0n) is 15.8.